The van der Waals surface area contributed by atoms with Crippen LogP contribution in [-0.4, -0.2) is 29.9 Å². The molecule has 1 saturated carbocycles. The molecule has 0 radical (unpaired) electrons. The third-order valence-electron chi connectivity index (χ3n) is 5.01. The average molecular weight is 252 g/mol. The van der Waals surface area contributed by atoms with Gasteiger partial charge in [0.1, 0.15) is 0 Å². The molecule has 2 fully saturated rings. The van der Waals surface area contributed by atoms with Crippen LogP contribution in [0.25, 0.3) is 0 Å². The van der Waals surface area contributed by atoms with Crippen molar-refractivity contribution in [2.24, 2.45) is 11.1 Å². The van der Waals surface area contributed by atoms with Gasteiger partial charge in [0.25, 0.3) is 0 Å². The summed E-state index contributed by atoms with van der Waals surface area (Å²) in [6.07, 6.45) is 10.4. The molecule has 2 N–H and O–H groups in total. The third-order valence-corrected chi connectivity index (χ3v) is 5.01. The molecule has 0 spiro atoms. The van der Waals surface area contributed by atoms with Crippen molar-refractivity contribution in [2.45, 2.75) is 70.8 Å². The molecule has 3 nitrogen and oxygen atoms in total. The van der Waals surface area contributed by atoms with Crippen molar-refractivity contribution >= 4 is 5.91 Å². The third kappa shape index (κ3) is 2.56. The van der Waals surface area contributed by atoms with Crippen LogP contribution in [0.4, 0.5) is 0 Å². The highest BCUT2D eigenvalue weighted by Crippen LogP contribution is 2.40. The van der Waals surface area contributed by atoms with Crippen LogP contribution in [0.15, 0.2) is 0 Å². The number of amides is 1. The van der Waals surface area contributed by atoms with E-state index in [1.54, 1.807) is 0 Å². The maximum Gasteiger partial charge on any atom is 0.230 e. The van der Waals surface area contributed by atoms with Crippen LogP contribution in [0, 0.1) is 5.41 Å². The lowest BCUT2D eigenvalue weighted by Crippen LogP contribution is -2.50. The first-order valence-corrected chi connectivity index (χ1v) is 7.74. The van der Waals surface area contributed by atoms with E-state index in [-0.39, 0.29) is 5.41 Å². The summed E-state index contributed by atoms with van der Waals surface area (Å²) < 4.78 is 0. The number of rotatable bonds is 3. The molecule has 1 saturated heterocycles. The molecular weight excluding hydrogens is 224 g/mol. The monoisotopic (exact) mass is 252 g/mol. The molecule has 0 aromatic heterocycles. The normalized spacial score (nSPS) is 28.1. The minimum Gasteiger partial charge on any atom is -0.339 e. The van der Waals surface area contributed by atoms with Gasteiger partial charge in [0.05, 0.1) is 5.41 Å². The fourth-order valence-electron chi connectivity index (χ4n) is 3.73. The molecule has 1 amide bonds. The molecule has 3 heteroatoms. The molecule has 1 aliphatic heterocycles. The van der Waals surface area contributed by atoms with Gasteiger partial charge in [0, 0.05) is 19.1 Å². The summed E-state index contributed by atoms with van der Waals surface area (Å²) in [5, 5.41) is 0. The van der Waals surface area contributed by atoms with Crippen molar-refractivity contribution in [2.75, 3.05) is 13.1 Å². The second kappa shape index (κ2) is 6.05. The van der Waals surface area contributed by atoms with E-state index in [1.165, 1.54) is 38.5 Å². The van der Waals surface area contributed by atoms with Gasteiger partial charge in [-0.2, -0.15) is 0 Å². The highest BCUT2D eigenvalue weighted by Gasteiger charge is 2.43. The summed E-state index contributed by atoms with van der Waals surface area (Å²) in [6.45, 7) is 3.71. The maximum atomic E-state index is 12.9. The smallest absolute Gasteiger partial charge is 0.230 e. The largest absolute Gasteiger partial charge is 0.339 e. The van der Waals surface area contributed by atoms with Crippen molar-refractivity contribution < 1.29 is 4.79 Å². The average Bonchev–Trinajstić information content (AvgIpc) is 2.77. The summed E-state index contributed by atoms with van der Waals surface area (Å²) in [4.78, 5) is 15.1. The van der Waals surface area contributed by atoms with Gasteiger partial charge < -0.3 is 10.6 Å². The van der Waals surface area contributed by atoms with Gasteiger partial charge in [-0.3, -0.25) is 4.79 Å². The van der Waals surface area contributed by atoms with Crippen LogP contribution in [0.5, 0.6) is 0 Å². The molecule has 18 heavy (non-hydrogen) atoms. The standard InChI is InChI=1S/C15H28N2O/c1-2-13-8-4-3-7-11-17(13)14(18)15(12-16)9-5-6-10-15/h13H,2-12,16H2,1H3. The minimum atomic E-state index is -0.211. The quantitative estimate of drug-likeness (QED) is 0.839. The van der Waals surface area contributed by atoms with Gasteiger partial charge in [-0.15, -0.1) is 0 Å². The first-order chi connectivity index (χ1) is 8.73. The summed E-state index contributed by atoms with van der Waals surface area (Å²) in [5.41, 5.74) is 5.74. The van der Waals surface area contributed by atoms with Crippen molar-refractivity contribution in [1.82, 2.24) is 4.90 Å². The van der Waals surface area contributed by atoms with E-state index in [2.05, 4.69) is 11.8 Å². The zero-order chi connectivity index (χ0) is 13.0. The first-order valence-electron chi connectivity index (χ1n) is 7.74. The first kappa shape index (κ1) is 13.9. The van der Waals surface area contributed by atoms with E-state index >= 15 is 0 Å². The van der Waals surface area contributed by atoms with Crippen LogP contribution < -0.4 is 5.73 Å². The van der Waals surface area contributed by atoms with E-state index in [0.717, 1.165) is 25.8 Å². The number of nitrogens with zero attached hydrogens (tertiary/aromatic N) is 1. The lowest BCUT2D eigenvalue weighted by atomic mass is 9.84. The maximum absolute atomic E-state index is 12.9. The zero-order valence-electron chi connectivity index (χ0n) is 11.8. The van der Waals surface area contributed by atoms with Crippen LogP contribution in [-0.2, 0) is 4.79 Å². The molecular formula is C15H28N2O. The predicted octanol–water partition coefficient (Wildman–Crippen LogP) is 2.69. The Bertz CT molecular complexity index is 284. The van der Waals surface area contributed by atoms with Crippen molar-refractivity contribution in [3.05, 3.63) is 0 Å². The molecule has 0 aromatic carbocycles. The van der Waals surface area contributed by atoms with E-state index in [1.807, 2.05) is 0 Å². The number of carbonyl (C=O) groups excluding carboxylic acids is 1. The number of hydrogen-bond donors (Lipinski definition) is 1. The van der Waals surface area contributed by atoms with Crippen LogP contribution in [0.1, 0.15) is 64.7 Å². The highest BCUT2D eigenvalue weighted by atomic mass is 16.2. The Morgan fingerprint density at radius 1 is 1.22 bits per heavy atom. The SMILES string of the molecule is CCC1CCCCCN1C(=O)C1(CN)CCCC1. The van der Waals surface area contributed by atoms with Crippen LogP contribution >= 0.6 is 0 Å². The summed E-state index contributed by atoms with van der Waals surface area (Å²) in [7, 11) is 0. The van der Waals surface area contributed by atoms with Gasteiger partial charge >= 0.3 is 0 Å². The summed E-state index contributed by atoms with van der Waals surface area (Å²) >= 11 is 0. The topological polar surface area (TPSA) is 46.3 Å². The number of likely N-dealkylation sites (tertiary alicyclic amines) is 1. The van der Waals surface area contributed by atoms with E-state index in [9.17, 15) is 4.79 Å². The fourth-order valence-corrected chi connectivity index (χ4v) is 3.73. The molecule has 104 valence electrons. The van der Waals surface area contributed by atoms with E-state index in [4.69, 9.17) is 5.73 Å². The Kier molecular flexibility index (Phi) is 4.66. The highest BCUT2D eigenvalue weighted by molar-refractivity contribution is 5.83. The van der Waals surface area contributed by atoms with Gasteiger partial charge in [-0.25, -0.2) is 0 Å². The van der Waals surface area contributed by atoms with Gasteiger partial charge in [-0.1, -0.05) is 32.6 Å². The van der Waals surface area contributed by atoms with Crippen LogP contribution in [0.3, 0.4) is 0 Å². The Morgan fingerprint density at radius 3 is 2.56 bits per heavy atom. The van der Waals surface area contributed by atoms with Gasteiger partial charge in [0.2, 0.25) is 5.91 Å². The van der Waals surface area contributed by atoms with Gasteiger partial charge in [0.15, 0.2) is 0 Å². The zero-order valence-corrected chi connectivity index (χ0v) is 11.8. The molecule has 2 rings (SSSR count). The number of carbonyl (C=O) groups is 1. The molecule has 2 aliphatic rings. The Balaban J connectivity index is 2.13. The molecule has 0 aromatic rings. The second-order valence-corrected chi connectivity index (χ2v) is 6.10. The van der Waals surface area contributed by atoms with Crippen LogP contribution in [0.2, 0.25) is 0 Å². The second-order valence-electron chi connectivity index (χ2n) is 6.10. The lowest BCUT2D eigenvalue weighted by molar-refractivity contribution is -0.144. The number of hydrogen-bond acceptors (Lipinski definition) is 2. The molecule has 1 aliphatic carbocycles. The molecule has 1 atom stereocenters. The van der Waals surface area contributed by atoms with Crippen molar-refractivity contribution in [3.63, 3.8) is 0 Å². The molecule has 0 bridgehead atoms. The fraction of sp³-hybridized carbons (Fsp3) is 0.933. The Hall–Kier alpha value is -0.570. The summed E-state index contributed by atoms with van der Waals surface area (Å²) in [6, 6.07) is 0.462. The van der Waals surface area contributed by atoms with E-state index < -0.39 is 0 Å². The molecule has 1 unspecified atom stereocenters. The molecule has 1 heterocycles. The van der Waals surface area contributed by atoms with Crippen molar-refractivity contribution in [1.29, 1.82) is 0 Å². The van der Waals surface area contributed by atoms with Crippen molar-refractivity contribution in [3.8, 4) is 0 Å². The predicted molar refractivity (Wildman–Crippen MR) is 74.2 cm³/mol. The minimum absolute atomic E-state index is 0.211. The van der Waals surface area contributed by atoms with E-state index in [0.29, 0.717) is 18.5 Å². The Morgan fingerprint density at radius 2 is 1.94 bits per heavy atom. The Labute approximate surface area is 111 Å². The number of nitrogens with two attached hydrogens (primary N) is 1. The van der Waals surface area contributed by atoms with Gasteiger partial charge in [-0.05, 0) is 32.1 Å². The summed E-state index contributed by atoms with van der Waals surface area (Å²) in [5.74, 6) is 0.372. The lowest BCUT2D eigenvalue weighted by Gasteiger charge is -2.37.